The number of amides is 3. The van der Waals surface area contributed by atoms with E-state index in [4.69, 9.17) is 4.42 Å². The molecule has 3 amide bonds. The molecule has 2 aromatic carbocycles. The number of fused-ring (bicyclic) bond motifs is 4. The smallest absolute Gasteiger partial charge is 0.315 e. The Morgan fingerprint density at radius 3 is 2.58 bits per heavy atom. The number of nitrogens with zero attached hydrogens (tertiary/aromatic N) is 1. The highest BCUT2D eigenvalue weighted by Crippen LogP contribution is 2.33. The summed E-state index contributed by atoms with van der Waals surface area (Å²) in [6, 6.07) is 15.7. The third-order valence-corrected chi connectivity index (χ3v) is 6.82. The number of carbonyl (C=O) groups excluding carboxylic acids is 2. The van der Waals surface area contributed by atoms with E-state index in [1.54, 1.807) is 0 Å². The first-order valence-corrected chi connectivity index (χ1v) is 11.8. The van der Waals surface area contributed by atoms with Crippen LogP contribution in [0.25, 0.3) is 22.1 Å². The van der Waals surface area contributed by atoms with Gasteiger partial charge in [0.25, 0.3) is 5.91 Å². The van der Waals surface area contributed by atoms with Crippen molar-refractivity contribution >= 4 is 22.9 Å². The van der Waals surface area contributed by atoms with E-state index in [-0.39, 0.29) is 18.0 Å². The van der Waals surface area contributed by atoms with Crippen molar-refractivity contribution in [1.29, 1.82) is 0 Å². The lowest BCUT2D eigenvalue weighted by molar-refractivity contribution is 0.0607. The number of benzene rings is 2. The van der Waals surface area contributed by atoms with E-state index in [1.165, 1.54) is 0 Å². The molecule has 0 unspecified atom stereocenters. The van der Waals surface area contributed by atoms with Crippen molar-refractivity contribution in [3.8, 4) is 11.1 Å². The van der Waals surface area contributed by atoms with E-state index in [9.17, 15) is 9.59 Å². The molecule has 0 spiro atoms. The number of rotatable bonds is 6. The molecule has 3 aromatic rings. The van der Waals surface area contributed by atoms with Crippen LogP contribution in [0.1, 0.15) is 35.9 Å². The number of para-hydroxylation sites is 1. The molecule has 0 aliphatic carbocycles. The van der Waals surface area contributed by atoms with Gasteiger partial charge in [-0.1, -0.05) is 42.5 Å². The summed E-state index contributed by atoms with van der Waals surface area (Å²) in [5.41, 5.74) is 3.54. The van der Waals surface area contributed by atoms with Gasteiger partial charge in [-0.15, -0.1) is 0 Å². The number of hydrogen-bond donors (Lipinski definition) is 3. The van der Waals surface area contributed by atoms with Gasteiger partial charge in [0.05, 0.1) is 0 Å². The number of furan rings is 1. The van der Waals surface area contributed by atoms with Crippen LogP contribution in [0.15, 0.2) is 52.9 Å². The van der Waals surface area contributed by atoms with Crippen molar-refractivity contribution in [3.05, 3.63) is 59.9 Å². The third kappa shape index (κ3) is 4.46. The zero-order chi connectivity index (χ0) is 22.8. The second kappa shape index (κ2) is 9.27. The molecule has 1 aromatic heterocycles. The van der Waals surface area contributed by atoms with Crippen LogP contribution in [0, 0.1) is 5.92 Å². The van der Waals surface area contributed by atoms with Crippen molar-refractivity contribution in [3.63, 3.8) is 0 Å². The van der Waals surface area contributed by atoms with E-state index < -0.39 is 0 Å². The fourth-order valence-electron chi connectivity index (χ4n) is 5.09. The van der Waals surface area contributed by atoms with Crippen LogP contribution >= 0.6 is 0 Å². The third-order valence-electron chi connectivity index (χ3n) is 6.82. The summed E-state index contributed by atoms with van der Waals surface area (Å²) >= 11 is 0. The summed E-state index contributed by atoms with van der Waals surface area (Å²) in [5, 5.41) is 9.74. The van der Waals surface area contributed by atoms with Crippen molar-refractivity contribution in [2.45, 2.75) is 32.4 Å². The molecule has 1 atom stereocenters. The summed E-state index contributed by atoms with van der Waals surface area (Å²) in [6.07, 6.45) is 2.30. The fraction of sp³-hybridized carbons (Fsp3) is 0.385. The SMILES string of the molecule is CCNC(=O)NCc1ccccc1-c1cccc2cc(C(=O)N[C@H]3CN4CCC3CC4)oc12. The van der Waals surface area contributed by atoms with Gasteiger partial charge in [-0.2, -0.15) is 0 Å². The number of hydrogen-bond acceptors (Lipinski definition) is 4. The van der Waals surface area contributed by atoms with E-state index in [1.807, 2.05) is 55.5 Å². The predicted molar refractivity (Wildman–Crippen MR) is 128 cm³/mol. The molecule has 7 nitrogen and oxygen atoms in total. The Morgan fingerprint density at radius 2 is 1.82 bits per heavy atom. The van der Waals surface area contributed by atoms with E-state index in [0.29, 0.717) is 30.4 Å². The van der Waals surface area contributed by atoms with Crippen LogP contribution in [-0.4, -0.2) is 49.1 Å². The molecule has 0 saturated carbocycles. The minimum absolute atomic E-state index is 0.151. The second-order valence-electron chi connectivity index (χ2n) is 8.92. The Bertz CT molecular complexity index is 1160. The maximum absolute atomic E-state index is 13.0. The predicted octanol–water partition coefficient (Wildman–Crippen LogP) is 3.74. The maximum Gasteiger partial charge on any atom is 0.315 e. The van der Waals surface area contributed by atoms with E-state index >= 15 is 0 Å². The van der Waals surface area contributed by atoms with Crippen molar-refractivity contribution < 1.29 is 14.0 Å². The molecule has 3 aliphatic rings. The Morgan fingerprint density at radius 1 is 1.03 bits per heavy atom. The lowest BCUT2D eigenvalue weighted by Gasteiger charge is -2.44. The summed E-state index contributed by atoms with van der Waals surface area (Å²) in [4.78, 5) is 27.3. The topological polar surface area (TPSA) is 86.6 Å². The highest BCUT2D eigenvalue weighted by Gasteiger charge is 2.35. The van der Waals surface area contributed by atoms with Crippen LogP contribution in [0.3, 0.4) is 0 Å². The molecular formula is C26H30N4O3. The molecule has 2 bridgehead atoms. The van der Waals surface area contributed by atoms with Crippen LogP contribution in [0.5, 0.6) is 0 Å². The summed E-state index contributed by atoms with van der Waals surface area (Å²) in [5.74, 6) is 0.747. The van der Waals surface area contributed by atoms with Crippen LogP contribution in [-0.2, 0) is 6.54 Å². The average molecular weight is 447 g/mol. The standard InChI is InChI=1S/C26H30N4O3/c1-2-27-26(32)28-15-19-6-3-4-8-20(19)21-9-5-7-18-14-23(33-24(18)21)25(31)29-22-16-30-12-10-17(22)11-13-30/h3-9,14,17,22H,2,10-13,15-16H2,1H3,(H,29,31)(H2,27,28,32)/t22-/m0/s1. The van der Waals surface area contributed by atoms with Crippen molar-refractivity contribution in [2.24, 2.45) is 5.92 Å². The fourth-order valence-corrected chi connectivity index (χ4v) is 5.09. The number of urea groups is 1. The Labute approximate surface area is 193 Å². The molecule has 3 aliphatic heterocycles. The quantitative estimate of drug-likeness (QED) is 0.538. The Balaban J connectivity index is 1.40. The minimum Gasteiger partial charge on any atom is -0.450 e. The first-order chi connectivity index (χ1) is 16.1. The van der Waals surface area contributed by atoms with Crippen LogP contribution in [0.2, 0.25) is 0 Å². The highest BCUT2D eigenvalue weighted by atomic mass is 16.3. The van der Waals surface area contributed by atoms with Gasteiger partial charge in [0, 0.05) is 36.6 Å². The highest BCUT2D eigenvalue weighted by molar-refractivity contribution is 6.00. The molecule has 6 rings (SSSR count). The first kappa shape index (κ1) is 21.5. The Hall–Kier alpha value is -3.32. The molecule has 4 heterocycles. The molecular weight excluding hydrogens is 416 g/mol. The van der Waals surface area contributed by atoms with Crippen LogP contribution < -0.4 is 16.0 Å². The monoisotopic (exact) mass is 446 g/mol. The largest absolute Gasteiger partial charge is 0.450 e. The molecule has 0 radical (unpaired) electrons. The van der Waals surface area contributed by atoms with Gasteiger partial charge in [-0.25, -0.2) is 4.79 Å². The summed E-state index contributed by atoms with van der Waals surface area (Å²) < 4.78 is 6.13. The number of carbonyl (C=O) groups is 2. The van der Waals surface area contributed by atoms with Gasteiger partial charge in [0.15, 0.2) is 5.76 Å². The van der Waals surface area contributed by atoms with Gasteiger partial charge >= 0.3 is 6.03 Å². The molecule has 7 heteroatoms. The second-order valence-corrected chi connectivity index (χ2v) is 8.92. The maximum atomic E-state index is 13.0. The molecule has 3 fully saturated rings. The number of nitrogens with one attached hydrogen (secondary N) is 3. The molecule has 3 saturated heterocycles. The zero-order valence-electron chi connectivity index (χ0n) is 18.9. The number of piperidine rings is 3. The van der Waals surface area contributed by atoms with Crippen LogP contribution in [0.4, 0.5) is 4.79 Å². The van der Waals surface area contributed by atoms with Gasteiger partial charge in [0.1, 0.15) is 5.58 Å². The minimum atomic E-state index is -0.199. The summed E-state index contributed by atoms with van der Waals surface area (Å²) in [6.45, 7) is 6.05. The van der Waals surface area contributed by atoms with Gasteiger partial charge in [0.2, 0.25) is 0 Å². The molecule has 33 heavy (non-hydrogen) atoms. The Kier molecular flexibility index (Phi) is 6.05. The van der Waals surface area contributed by atoms with Crippen molar-refractivity contribution in [1.82, 2.24) is 20.9 Å². The van der Waals surface area contributed by atoms with Gasteiger partial charge in [-0.3, -0.25) is 4.79 Å². The lowest BCUT2D eigenvalue weighted by atomic mass is 9.84. The van der Waals surface area contributed by atoms with Crippen molar-refractivity contribution in [2.75, 3.05) is 26.2 Å². The lowest BCUT2D eigenvalue weighted by Crippen LogP contribution is -2.57. The van der Waals surface area contributed by atoms with E-state index in [2.05, 4.69) is 20.9 Å². The summed E-state index contributed by atoms with van der Waals surface area (Å²) in [7, 11) is 0. The average Bonchev–Trinajstić information content (AvgIpc) is 3.29. The molecule has 172 valence electrons. The zero-order valence-corrected chi connectivity index (χ0v) is 18.9. The van der Waals surface area contributed by atoms with Gasteiger partial charge < -0.3 is 25.3 Å². The van der Waals surface area contributed by atoms with Gasteiger partial charge in [-0.05, 0) is 56.0 Å². The first-order valence-electron chi connectivity index (χ1n) is 11.8. The molecule has 3 N–H and O–H groups in total. The normalized spacial score (nSPS) is 21.7. The van der Waals surface area contributed by atoms with E-state index in [0.717, 1.165) is 54.6 Å².